The standard InChI is InChI=1S/C37H37F3N4O6/c1-18-12-22-13-24-26(15-41)44-25(31(43(24)4)29(22)32(46)19(18)2)14-23-30(27(44)16-42-28(45)11-10-21-8-6-5-7-9-21)35-34(48-17-49-35)20(3)33(23)50-36(47)37(38,39)40/h5-9,12,24-27,31,46H,10-11,13-14,16-17H2,1-4H3,(H,42,45)/t24-,25?,26-,27-,31-/m0/s1. The third-order valence-corrected chi connectivity index (χ3v) is 10.8. The van der Waals surface area contributed by atoms with Crippen LogP contribution in [-0.2, 0) is 28.9 Å². The molecular formula is C37H37F3N4O6. The Labute approximate surface area is 287 Å². The van der Waals surface area contributed by atoms with Crippen LogP contribution >= 0.6 is 0 Å². The van der Waals surface area contributed by atoms with E-state index in [-0.39, 0.29) is 66.7 Å². The van der Waals surface area contributed by atoms with Crippen molar-refractivity contribution < 1.29 is 42.1 Å². The van der Waals surface area contributed by atoms with Crippen molar-refractivity contribution >= 4 is 11.9 Å². The second-order valence-electron chi connectivity index (χ2n) is 13.5. The Balaban J connectivity index is 1.38. The number of aromatic hydroxyl groups is 1. The number of nitriles is 1. The summed E-state index contributed by atoms with van der Waals surface area (Å²) in [4.78, 5) is 29.8. The van der Waals surface area contributed by atoms with Gasteiger partial charge in [0, 0.05) is 47.3 Å². The van der Waals surface area contributed by atoms with Crippen LogP contribution in [-0.4, -0.2) is 71.5 Å². The van der Waals surface area contributed by atoms with Gasteiger partial charge in [-0.2, -0.15) is 18.4 Å². The van der Waals surface area contributed by atoms with Crippen LogP contribution in [0.5, 0.6) is 23.0 Å². The first kappa shape index (κ1) is 33.7. The molecule has 4 heterocycles. The molecule has 7 rings (SSSR count). The number of hydrogen-bond donors (Lipinski definition) is 2. The average Bonchev–Trinajstić information content (AvgIpc) is 3.58. The van der Waals surface area contributed by atoms with Crippen molar-refractivity contribution in [2.45, 2.75) is 82.8 Å². The molecule has 1 amide bonds. The number of ether oxygens (including phenoxy) is 3. The zero-order valence-electron chi connectivity index (χ0n) is 28.1. The van der Waals surface area contributed by atoms with E-state index in [0.717, 1.165) is 16.7 Å². The molecule has 1 unspecified atom stereocenters. The zero-order chi connectivity index (χ0) is 35.6. The van der Waals surface area contributed by atoms with E-state index in [9.17, 15) is 33.1 Å². The van der Waals surface area contributed by atoms with Crippen LogP contribution in [0.2, 0.25) is 0 Å². The van der Waals surface area contributed by atoms with E-state index in [1.807, 2.05) is 62.2 Å². The lowest BCUT2D eigenvalue weighted by Crippen LogP contribution is -2.68. The van der Waals surface area contributed by atoms with Gasteiger partial charge >= 0.3 is 12.1 Å². The molecule has 4 aliphatic heterocycles. The molecular weight excluding hydrogens is 653 g/mol. The molecule has 0 radical (unpaired) electrons. The van der Waals surface area contributed by atoms with Gasteiger partial charge in [0.15, 0.2) is 11.5 Å². The molecule has 3 aromatic carbocycles. The Hall–Kier alpha value is -4.80. The van der Waals surface area contributed by atoms with Gasteiger partial charge in [0.25, 0.3) is 0 Å². The summed E-state index contributed by atoms with van der Waals surface area (Å²) in [6.45, 7) is 5.02. The van der Waals surface area contributed by atoms with Crippen molar-refractivity contribution in [1.29, 1.82) is 5.26 Å². The summed E-state index contributed by atoms with van der Waals surface area (Å²) in [5.41, 5.74) is 5.07. The van der Waals surface area contributed by atoms with Crippen molar-refractivity contribution in [3.8, 4) is 29.1 Å². The molecule has 3 aromatic rings. The minimum absolute atomic E-state index is 0.0181. The summed E-state index contributed by atoms with van der Waals surface area (Å²) in [6, 6.07) is 11.2. The fourth-order valence-corrected chi connectivity index (χ4v) is 8.38. The number of nitrogens with one attached hydrogen (secondary N) is 1. The highest BCUT2D eigenvalue weighted by atomic mass is 19.4. The Morgan fingerprint density at radius 1 is 1.06 bits per heavy atom. The maximum atomic E-state index is 13.7. The molecule has 1 saturated heterocycles. The molecule has 0 aliphatic carbocycles. The maximum Gasteiger partial charge on any atom is 0.491 e. The number of hydrogen-bond acceptors (Lipinski definition) is 9. The number of halogens is 3. The molecule has 1 fully saturated rings. The third-order valence-electron chi connectivity index (χ3n) is 10.8. The van der Waals surface area contributed by atoms with Gasteiger partial charge < -0.3 is 24.6 Å². The normalized spacial score (nSPS) is 23.7. The quantitative estimate of drug-likeness (QED) is 0.271. The fourth-order valence-electron chi connectivity index (χ4n) is 8.38. The molecule has 2 N–H and O–H groups in total. The van der Waals surface area contributed by atoms with Crippen LogP contribution < -0.4 is 19.5 Å². The topological polar surface area (TPSA) is 124 Å². The van der Waals surface area contributed by atoms with E-state index in [1.54, 1.807) is 0 Å². The first-order valence-electron chi connectivity index (χ1n) is 16.6. The number of piperazine rings is 1. The lowest BCUT2D eigenvalue weighted by Gasteiger charge is -2.60. The van der Waals surface area contributed by atoms with Crippen molar-refractivity contribution in [2.24, 2.45) is 0 Å². The number of phenolic OH excluding ortho intramolecular Hbond substituents is 1. The van der Waals surface area contributed by atoms with E-state index in [4.69, 9.17) is 14.2 Å². The minimum atomic E-state index is -5.27. The first-order chi connectivity index (χ1) is 23.8. The Kier molecular flexibility index (Phi) is 8.43. The van der Waals surface area contributed by atoms with Crippen LogP contribution in [0.15, 0.2) is 36.4 Å². The number of aryl methyl sites for hydroxylation is 2. The van der Waals surface area contributed by atoms with Crippen molar-refractivity contribution in [1.82, 2.24) is 15.1 Å². The number of benzene rings is 3. The number of rotatable bonds is 6. The summed E-state index contributed by atoms with van der Waals surface area (Å²) >= 11 is 0. The molecule has 0 saturated carbocycles. The first-order valence-corrected chi connectivity index (χ1v) is 16.6. The van der Waals surface area contributed by atoms with Gasteiger partial charge in [0.05, 0.1) is 18.2 Å². The minimum Gasteiger partial charge on any atom is -0.507 e. The van der Waals surface area contributed by atoms with Gasteiger partial charge in [0.2, 0.25) is 12.7 Å². The number of esters is 1. The summed E-state index contributed by atoms with van der Waals surface area (Å²) < 4.78 is 57.8. The maximum absolute atomic E-state index is 13.7. The zero-order valence-corrected chi connectivity index (χ0v) is 28.1. The molecule has 5 atom stereocenters. The monoisotopic (exact) mass is 690 g/mol. The number of carbonyl (C=O) groups is 2. The predicted molar refractivity (Wildman–Crippen MR) is 174 cm³/mol. The number of nitrogens with zero attached hydrogens (tertiary/aromatic N) is 3. The molecule has 0 spiro atoms. The van der Waals surface area contributed by atoms with Crippen LogP contribution in [0.1, 0.15) is 63.0 Å². The second-order valence-corrected chi connectivity index (χ2v) is 13.5. The second kappa shape index (κ2) is 12.5. The summed E-state index contributed by atoms with van der Waals surface area (Å²) in [5.74, 6) is -2.36. The van der Waals surface area contributed by atoms with Gasteiger partial charge in [-0.3, -0.25) is 14.6 Å². The van der Waals surface area contributed by atoms with Gasteiger partial charge in [-0.25, -0.2) is 4.79 Å². The lowest BCUT2D eigenvalue weighted by atomic mass is 9.71. The highest BCUT2D eigenvalue weighted by Crippen LogP contribution is 2.58. The molecule has 13 heteroatoms. The SMILES string of the molecule is Cc1cc2c(c(O)c1C)[C@@H]1C3Cc4c(OC(=O)C(F)(F)F)c(C)c5c(c4[C@H](CNC(=O)CCc4ccccc4)N3[C@@H](C#N)[C@H](C2)N1C)OCO5. The summed E-state index contributed by atoms with van der Waals surface area (Å²) in [5, 5.41) is 25.4. The van der Waals surface area contributed by atoms with Gasteiger partial charge in [-0.15, -0.1) is 0 Å². The van der Waals surface area contributed by atoms with E-state index in [2.05, 4.69) is 16.3 Å². The number of carbonyl (C=O) groups excluding carboxylic acids is 2. The van der Waals surface area contributed by atoms with Gasteiger partial charge in [0.1, 0.15) is 17.5 Å². The fraction of sp³-hybridized carbons (Fsp3) is 0.432. The molecule has 262 valence electrons. The number of amides is 1. The Morgan fingerprint density at radius 3 is 2.48 bits per heavy atom. The number of alkyl halides is 3. The van der Waals surface area contributed by atoms with Crippen LogP contribution in [0.4, 0.5) is 13.2 Å². The van der Waals surface area contributed by atoms with Crippen molar-refractivity contribution in [2.75, 3.05) is 20.4 Å². The van der Waals surface area contributed by atoms with Crippen LogP contribution in [0.25, 0.3) is 0 Å². The van der Waals surface area contributed by atoms with Crippen LogP contribution in [0, 0.1) is 32.1 Å². The summed E-state index contributed by atoms with van der Waals surface area (Å²) in [6.07, 6.45) is -4.06. The number of likely N-dealkylation sites (N-methyl/N-ethyl adjacent to an activating group) is 1. The molecule has 50 heavy (non-hydrogen) atoms. The molecule has 4 aliphatic rings. The Morgan fingerprint density at radius 2 is 1.78 bits per heavy atom. The highest BCUT2D eigenvalue weighted by Gasteiger charge is 2.57. The van der Waals surface area contributed by atoms with Gasteiger partial charge in [-0.05, 0) is 69.3 Å². The molecule has 10 nitrogen and oxygen atoms in total. The lowest BCUT2D eigenvalue weighted by molar-refractivity contribution is -0.189. The number of phenols is 1. The van der Waals surface area contributed by atoms with E-state index < -0.39 is 36.3 Å². The third kappa shape index (κ3) is 5.41. The van der Waals surface area contributed by atoms with E-state index in [0.29, 0.717) is 35.1 Å². The summed E-state index contributed by atoms with van der Waals surface area (Å²) in [7, 11) is 1.89. The number of fused-ring (bicyclic) bond motifs is 9. The Bertz CT molecular complexity index is 1930. The highest BCUT2D eigenvalue weighted by molar-refractivity contribution is 5.80. The van der Waals surface area contributed by atoms with Crippen LogP contribution in [0.3, 0.4) is 0 Å². The molecule has 0 aromatic heterocycles. The average molecular weight is 691 g/mol. The van der Waals surface area contributed by atoms with E-state index in [1.165, 1.54) is 6.92 Å². The van der Waals surface area contributed by atoms with Gasteiger partial charge in [-0.1, -0.05) is 36.4 Å². The van der Waals surface area contributed by atoms with Crippen molar-refractivity contribution in [3.05, 3.63) is 80.9 Å². The largest absolute Gasteiger partial charge is 0.507 e. The van der Waals surface area contributed by atoms with E-state index >= 15 is 0 Å². The van der Waals surface area contributed by atoms with Crippen molar-refractivity contribution in [3.63, 3.8) is 0 Å². The smallest absolute Gasteiger partial charge is 0.491 e. The molecule has 2 bridgehead atoms. The predicted octanol–water partition coefficient (Wildman–Crippen LogP) is 5.03.